The lowest BCUT2D eigenvalue weighted by Crippen LogP contribution is -2.20. The van der Waals surface area contributed by atoms with Gasteiger partial charge < -0.3 is 4.74 Å². The number of carbonyl (C=O) groups is 1. The minimum Gasteiger partial charge on any atom is -0.475 e. The summed E-state index contributed by atoms with van der Waals surface area (Å²) in [4.78, 5) is 10.6. The van der Waals surface area contributed by atoms with Crippen molar-refractivity contribution in [2.24, 2.45) is 5.10 Å². The summed E-state index contributed by atoms with van der Waals surface area (Å²) in [6.07, 6.45) is 0. The highest BCUT2D eigenvalue weighted by Crippen LogP contribution is 2.16. The number of ketones is 1. The molecule has 1 aliphatic rings. The fourth-order valence-electron chi connectivity index (χ4n) is 0.741. The number of hydrogen-bond acceptors (Lipinski definition) is 5. The number of hydrazone groups is 1. The van der Waals surface area contributed by atoms with Crippen molar-refractivity contribution in [3.8, 4) is 0 Å². The summed E-state index contributed by atoms with van der Waals surface area (Å²) >= 11 is 1.49. The molecule has 0 aromatic carbocycles. The molecule has 0 unspecified atom stereocenters. The van der Waals surface area contributed by atoms with E-state index in [0.717, 1.165) is 0 Å². The van der Waals surface area contributed by atoms with Crippen LogP contribution < -0.4 is 0 Å². The van der Waals surface area contributed by atoms with Crippen LogP contribution in [0.2, 0.25) is 0 Å². The molecular formula is C6H10N2O2S. The quantitative estimate of drug-likeness (QED) is 0.611. The van der Waals surface area contributed by atoms with E-state index in [4.69, 9.17) is 4.74 Å². The van der Waals surface area contributed by atoms with Gasteiger partial charge in [0, 0.05) is 0 Å². The Kier molecular flexibility index (Phi) is 2.76. The lowest BCUT2D eigenvalue weighted by Gasteiger charge is -2.07. The SMILES string of the molecule is COC1=NN(CC(C)=O)CS1. The van der Waals surface area contributed by atoms with Gasteiger partial charge in [-0.05, 0) is 18.7 Å². The normalized spacial score (nSPS) is 16.5. The van der Waals surface area contributed by atoms with Crippen molar-refractivity contribution in [1.29, 1.82) is 0 Å². The molecule has 0 aromatic heterocycles. The number of methoxy groups -OCH3 is 1. The zero-order valence-corrected chi connectivity index (χ0v) is 7.35. The van der Waals surface area contributed by atoms with Crippen molar-refractivity contribution in [2.75, 3.05) is 19.5 Å². The standard InChI is InChI=1S/C6H10N2O2S/c1-5(9)3-8-4-11-6(7-8)10-2/h3-4H2,1-2H3. The predicted molar refractivity (Wildman–Crippen MR) is 44.3 cm³/mol. The van der Waals surface area contributed by atoms with E-state index >= 15 is 0 Å². The molecule has 62 valence electrons. The van der Waals surface area contributed by atoms with E-state index in [2.05, 4.69) is 5.10 Å². The van der Waals surface area contributed by atoms with Gasteiger partial charge in [0.1, 0.15) is 0 Å². The van der Waals surface area contributed by atoms with Crippen molar-refractivity contribution >= 4 is 22.8 Å². The zero-order valence-electron chi connectivity index (χ0n) is 6.53. The van der Waals surface area contributed by atoms with Gasteiger partial charge in [-0.3, -0.25) is 9.80 Å². The van der Waals surface area contributed by atoms with E-state index in [1.165, 1.54) is 11.8 Å². The smallest absolute Gasteiger partial charge is 0.269 e. The largest absolute Gasteiger partial charge is 0.475 e. The second-order valence-corrected chi connectivity index (χ2v) is 3.11. The van der Waals surface area contributed by atoms with Crippen LogP contribution in [0.1, 0.15) is 6.92 Å². The molecule has 0 atom stereocenters. The van der Waals surface area contributed by atoms with Crippen LogP contribution in [0.5, 0.6) is 0 Å². The fraction of sp³-hybridized carbons (Fsp3) is 0.667. The first kappa shape index (κ1) is 8.39. The number of ether oxygens (including phenoxy) is 1. The van der Waals surface area contributed by atoms with Crippen molar-refractivity contribution in [2.45, 2.75) is 6.92 Å². The lowest BCUT2D eigenvalue weighted by molar-refractivity contribution is -0.117. The Labute approximate surface area is 69.6 Å². The number of carbonyl (C=O) groups excluding carboxylic acids is 1. The third-order valence-corrected chi connectivity index (χ3v) is 2.06. The topological polar surface area (TPSA) is 41.9 Å². The maximum Gasteiger partial charge on any atom is 0.269 e. The number of rotatable bonds is 2. The molecule has 0 N–H and O–H groups in total. The first-order chi connectivity index (χ1) is 5.22. The molecule has 1 heterocycles. The molecule has 0 radical (unpaired) electrons. The van der Waals surface area contributed by atoms with Crippen LogP contribution in [-0.2, 0) is 9.53 Å². The van der Waals surface area contributed by atoms with E-state index in [1.54, 1.807) is 19.0 Å². The molecule has 1 rings (SSSR count). The minimum absolute atomic E-state index is 0.117. The van der Waals surface area contributed by atoms with Gasteiger partial charge >= 0.3 is 0 Å². The fourth-order valence-corrected chi connectivity index (χ4v) is 1.44. The molecule has 0 aliphatic carbocycles. The molecule has 0 aromatic rings. The van der Waals surface area contributed by atoms with Crippen LogP contribution in [0.3, 0.4) is 0 Å². The molecular weight excluding hydrogens is 164 g/mol. The summed E-state index contributed by atoms with van der Waals surface area (Å²) in [6.45, 7) is 1.92. The minimum atomic E-state index is 0.117. The van der Waals surface area contributed by atoms with Gasteiger partial charge in [0.05, 0.1) is 19.5 Å². The van der Waals surface area contributed by atoms with Crippen LogP contribution >= 0.6 is 11.8 Å². The van der Waals surface area contributed by atoms with Crippen LogP contribution in [0.4, 0.5) is 0 Å². The molecule has 0 saturated heterocycles. The van der Waals surface area contributed by atoms with Gasteiger partial charge in [-0.15, -0.1) is 5.10 Å². The third-order valence-electron chi connectivity index (χ3n) is 1.14. The summed E-state index contributed by atoms with van der Waals surface area (Å²) in [6, 6.07) is 0. The maximum atomic E-state index is 10.6. The van der Waals surface area contributed by atoms with Gasteiger partial charge in [-0.1, -0.05) is 0 Å². The summed E-state index contributed by atoms with van der Waals surface area (Å²) in [7, 11) is 1.57. The van der Waals surface area contributed by atoms with E-state index in [1.807, 2.05) is 0 Å². The predicted octanol–water partition coefficient (Wildman–Crippen LogP) is 0.499. The van der Waals surface area contributed by atoms with E-state index in [0.29, 0.717) is 17.7 Å². The average molecular weight is 174 g/mol. The molecule has 5 heteroatoms. The van der Waals surface area contributed by atoms with Crippen LogP contribution in [0.15, 0.2) is 5.10 Å². The number of hydrogen-bond donors (Lipinski definition) is 0. The first-order valence-corrected chi connectivity index (χ1v) is 4.20. The Hall–Kier alpha value is -0.710. The van der Waals surface area contributed by atoms with Crippen molar-refractivity contribution in [1.82, 2.24) is 5.01 Å². The molecule has 0 fully saturated rings. The number of Topliss-reactive ketones (excluding diaryl/α,β-unsaturated/α-hetero) is 1. The highest BCUT2D eigenvalue weighted by atomic mass is 32.2. The molecule has 0 saturated carbocycles. The Balaban J connectivity index is 2.39. The van der Waals surface area contributed by atoms with Crippen LogP contribution in [0.25, 0.3) is 0 Å². The Morgan fingerprint density at radius 3 is 3.09 bits per heavy atom. The molecule has 4 nitrogen and oxygen atoms in total. The van der Waals surface area contributed by atoms with Gasteiger partial charge in [-0.25, -0.2) is 0 Å². The van der Waals surface area contributed by atoms with Gasteiger partial charge in [0.2, 0.25) is 0 Å². The molecule has 1 aliphatic heterocycles. The molecule has 0 amide bonds. The van der Waals surface area contributed by atoms with Crippen LogP contribution in [0, 0.1) is 0 Å². The average Bonchev–Trinajstić information content (AvgIpc) is 2.34. The Morgan fingerprint density at radius 2 is 2.64 bits per heavy atom. The van der Waals surface area contributed by atoms with Gasteiger partial charge in [0.15, 0.2) is 5.78 Å². The first-order valence-electron chi connectivity index (χ1n) is 3.22. The van der Waals surface area contributed by atoms with Gasteiger partial charge in [0.25, 0.3) is 5.23 Å². The highest BCUT2D eigenvalue weighted by Gasteiger charge is 2.15. The Bertz CT molecular complexity index is 193. The van der Waals surface area contributed by atoms with Crippen molar-refractivity contribution in [3.63, 3.8) is 0 Å². The van der Waals surface area contributed by atoms with E-state index in [9.17, 15) is 4.79 Å². The van der Waals surface area contributed by atoms with E-state index in [-0.39, 0.29) is 5.78 Å². The van der Waals surface area contributed by atoms with Gasteiger partial charge in [-0.2, -0.15) is 0 Å². The van der Waals surface area contributed by atoms with Crippen molar-refractivity contribution < 1.29 is 9.53 Å². The second kappa shape index (κ2) is 3.61. The highest BCUT2D eigenvalue weighted by molar-refractivity contribution is 8.13. The zero-order chi connectivity index (χ0) is 8.27. The van der Waals surface area contributed by atoms with Crippen molar-refractivity contribution in [3.05, 3.63) is 0 Å². The summed E-state index contributed by atoms with van der Waals surface area (Å²) in [5.74, 6) is 0.828. The third kappa shape index (κ3) is 2.42. The molecule has 0 bridgehead atoms. The monoisotopic (exact) mass is 174 g/mol. The Morgan fingerprint density at radius 1 is 1.91 bits per heavy atom. The summed E-state index contributed by atoms with van der Waals surface area (Å²) in [5.41, 5.74) is 0. The van der Waals surface area contributed by atoms with Crippen LogP contribution in [-0.4, -0.2) is 35.6 Å². The molecule has 11 heavy (non-hydrogen) atoms. The summed E-state index contributed by atoms with van der Waals surface area (Å²) in [5, 5.41) is 6.33. The lowest BCUT2D eigenvalue weighted by atomic mass is 10.4. The number of thioether (sulfide) groups is 1. The maximum absolute atomic E-state index is 10.6. The second-order valence-electron chi connectivity index (χ2n) is 2.21. The summed E-state index contributed by atoms with van der Waals surface area (Å²) < 4.78 is 4.88. The number of nitrogens with zero attached hydrogens (tertiary/aromatic N) is 2. The molecule has 0 spiro atoms. The van der Waals surface area contributed by atoms with E-state index < -0.39 is 0 Å².